The van der Waals surface area contributed by atoms with Gasteiger partial charge in [-0.05, 0) is 56.3 Å². The summed E-state index contributed by atoms with van der Waals surface area (Å²) in [7, 11) is 3.78. The molecule has 198 valence electrons. The number of likely N-dealkylation sites (tertiary alicyclic amines) is 1. The van der Waals surface area contributed by atoms with Crippen molar-refractivity contribution in [2.45, 2.75) is 31.1 Å². The molecule has 10 nitrogen and oxygen atoms in total. The molecule has 5 rings (SSSR count). The molecule has 1 spiro atoms. The Bertz CT molecular complexity index is 1230. The van der Waals surface area contributed by atoms with E-state index in [0.29, 0.717) is 18.8 Å². The minimum absolute atomic E-state index is 0.0432. The summed E-state index contributed by atoms with van der Waals surface area (Å²) in [6.07, 6.45) is -1.85. The summed E-state index contributed by atoms with van der Waals surface area (Å²) in [6.45, 7) is 3.02. The van der Waals surface area contributed by atoms with E-state index in [1.807, 2.05) is 29.2 Å². The molecule has 2 aliphatic rings. The van der Waals surface area contributed by atoms with Gasteiger partial charge in [-0.2, -0.15) is 13.2 Å². The van der Waals surface area contributed by atoms with Crippen molar-refractivity contribution in [2.24, 2.45) is 0 Å². The van der Waals surface area contributed by atoms with Crippen molar-refractivity contribution >= 4 is 11.9 Å². The molecule has 37 heavy (non-hydrogen) atoms. The number of alkyl halides is 3. The maximum Gasteiger partial charge on any atom is 0.490 e. The number of hydrogen-bond acceptors (Lipinski definition) is 7. The molecule has 3 aromatic rings. The predicted molar refractivity (Wildman–Crippen MR) is 124 cm³/mol. The SMILES string of the molecule is COc1ccc(-c2nnc3n2C2(CCN(C(=O)c4ccco4)CC2)CN(C)C3)cc1.O=C(O)C(F)(F)F. The highest BCUT2D eigenvalue weighted by atomic mass is 19.4. The van der Waals surface area contributed by atoms with E-state index in [1.54, 1.807) is 25.5 Å². The number of piperidine rings is 1. The number of aromatic nitrogens is 3. The third-order valence-electron chi connectivity index (χ3n) is 6.48. The molecule has 0 radical (unpaired) electrons. The first kappa shape index (κ1) is 26.2. The van der Waals surface area contributed by atoms with Gasteiger partial charge in [0, 0.05) is 25.2 Å². The fourth-order valence-electron chi connectivity index (χ4n) is 4.78. The van der Waals surface area contributed by atoms with Crippen LogP contribution in [-0.2, 0) is 16.9 Å². The molecule has 2 aromatic heterocycles. The lowest BCUT2D eigenvalue weighted by atomic mass is 9.84. The van der Waals surface area contributed by atoms with Crippen molar-refractivity contribution in [2.75, 3.05) is 33.8 Å². The van der Waals surface area contributed by atoms with E-state index in [9.17, 15) is 18.0 Å². The zero-order valence-electron chi connectivity index (χ0n) is 20.2. The van der Waals surface area contributed by atoms with Crippen LogP contribution in [0.2, 0.25) is 0 Å². The highest BCUT2D eigenvalue weighted by Gasteiger charge is 2.44. The third-order valence-corrected chi connectivity index (χ3v) is 6.48. The van der Waals surface area contributed by atoms with Gasteiger partial charge in [0.15, 0.2) is 11.6 Å². The number of halogens is 3. The number of ether oxygens (including phenoxy) is 1. The van der Waals surface area contributed by atoms with E-state index >= 15 is 0 Å². The number of carbonyl (C=O) groups is 2. The van der Waals surface area contributed by atoms with E-state index in [-0.39, 0.29) is 11.4 Å². The van der Waals surface area contributed by atoms with E-state index in [4.69, 9.17) is 19.1 Å². The number of carbonyl (C=O) groups excluding carboxylic acids is 1. The molecule has 0 aliphatic carbocycles. The number of aliphatic carboxylic acids is 1. The van der Waals surface area contributed by atoms with Gasteiger partial charge in [-0.1, -0.05) is 0 Å². The highest BCUT2D eigenvalue weighted by molar-refractivity contribution is 5.91. The number of methoxy groups -OCH3 is 1. The number of carboxylic acids is 1. The van der Waals surface area contributed by atoms with Crippen LogP contribution >= 0.6 is 0 Å². The maximum atomic E-state index is 12.7. The quantitative estimate of drug-likeness (QED) is 0.559. The molecule has 2 aliphatic heterocycles. The van der Waals surface area contributed by atoms with Crippen molar-refractivity contribution in [1.82, 2.24) is 24.6 Å². The lowest BCUT2D eigenvalue weighted by molar-refractivity contribution is -0.192. The van der Waals surface area contributed by atoms with E-state index in [0.717, 1.165) is 48.9 Å². The van der Waals surface area contributed by atoms with Gasteiger partial charge in [-0.3, -0.25) is 9.69 Å². The van der Waals surface area contributed by atoms with Gasteiger partial charge in [-0.15, -0.1) is 10.2 Å². The van der Waals surface area contributed by atoms with Crippen molar-refractivity contribution < 1.29 is 37.0 Å². The van der Waals surface area contributed by atoms with Gasteiger partial charge in [0.05, 0.1) is 25.5 Å². The van der Waals surface area contributed by atoms with Gasteiger partial charge in [0.1, 0.15) is 11.6 Å². The van der Waals surface area contributed by atoms with Crippen molar-refractivity contribution in [3.8, 4) is 17.1 Å². The lowest BCUT2D eigenvalue weighted by Gasteiger charge is -2.48. The molecule has 0 atom stereocenters. The highest BCUT2D eigenvalue weighted by Crippen LogP contribution is 2.39. The number of benzene rings is 1. The summed E-state index contributed by atoms with van der Waals surface area (Å²) in [4.78, 5) is 25.8. The first-order valence-electron chi connectivity index (χ1n) is 11.4. The molecule has 1 fully saturated rings. The van der Waals surface area contributed by atoms with E-state index < -0.39 is 12.1 Å². The summed E-state index contributed by atoms with van der Waals surface area (Å²) in [5, 5.41) is 16.2. The number of nitrogens with zero attached hydrogens (tertiary/aromatic N) is 5. The maximum absolute atomic E-state index is 12.7. The topological polar surface area (TPSA) is 114 Å². The third kappa shape index (κ3) is 5.45. The lowest BCUT2D eigenvalue weighted by Crippen LogP contribution is -2.56. The molecule has 1 N–H and O–H groups in total. The van der Waals surface area contributed by atoms with Crippen LogP contribution in [0.3, 0.4) is 0 Å². The average Bonchev–Trinajstić information content (AvgIpc) is 3.55. The summed E-state index contributed by atoms with van der Waals surface area (Å²) in [5.74, 6) is 0.268. The summed E-state index contributed by atoms with van der Waals surface area (Å²) < 4.78 is 44.7. The Morgan fingerprint density at radius 1 is 1.11 bits per heavy atom. The number of amides is 1. The van der Waals surface area contributed by atoms with Gasteiger partial charge < -0.3 is 23.7 Å². The van der Waals surface area contributed by atoms with Crippen LogP contribution in [-0.4, -0.2) is 81.5 Å². The Balaban J connectivity index is 0.000000405. The number of rotatable bonds is 3. The zero-order valence-corrected chi connectivity index (χ0v) is 20.2. The first-order chi connectivity index (χ1) is 17.5. The summed E-state index contributed by atoms with van der Waals surface area (Å²) in [6, 6.07) is 11.4. The molecule has 1 saturated heterocycles. The van der Waals surface area contributed by atoms with Gasteiger partial charge in [-0.25, -0.2) is 4.79 Å². The molecule has 0 bridgehead atoms. The minimum atomic E-state index is -5.08. The van der Waals surface area contributed by atoms with Gasteiger partial charge in [0.2, 0.25) is 0 Å². The Kier molecular flexibility index (Phi) is 7.25. The molecular formula is C24H26F3N5O5. The number of furan rings is 1. The Labute approximate surface area is 210 Å². The number of hydrogen-bond donors (Lipinski definition) is 1. The largest absolute Gasteiger partial charge is 0.497 e. The van der Waals surface area contributed by atoms with E-state index in [2.05, 4.69) is 26.7 Å². The summed E-state index contributed by atoms with van der Waals surface area (Å²) >= 11 is 0. The molecule has 0 unspecified atom stereocenters. The van der Waals surface area contributed by atoms with Gasteiger partial charge in [0.25, 0.3) is 5.91 Å². The molecule has 1 aromatic carbocycles. The van der Waals surface area contributed by atoms with Crippen molar-refractivity contribution in [1.29, 1.82) is 0 Å². The fourth-order valence-corrected chi connectivity index (χ4v) is 4.78. The van der Waals surface area contributed by atoms with Crippen molar-refractivity contribution in [3.05, 3.63) is 54.2 Å². The summed E-state index contributed by atoms with van der Waals surface area (Å²) in [5.41, 5.74) is 0.883. The van der Waals surface area contributed by atoms with Crippen LogP contribution in [0.15, 0.2) is 47.1 Å². The fraction of sp³-hybridized carbons (Fsp3) is 0.417. The molecule has 4 heterocycles. The zero-order chi connectivity index (χ0) is 26.8. The van der Waals surface area contributed by atoms with E-state index in [1.165, 1.54) is 0 Å². The molecule has 1 amide bonds. The molecular weight excluding hydrogens is 495 g/mol. The van der Waals surface area contributed by atoms with Crippen LogP contribution in [0.1, 0.15) is 29.2 Å². The van der Waals surface area contributed by atoms with Crippen LogP contribution in [0, 0.1) is 0 Å². The number of carboxylic acid groups (broad SMARTS) is 1. The van der Waals surface area contributed by atoms with Crippen molar-refractivity contribution in [3.63, 3.8) is 0 Å². The average molecular weight is 521 g/mol. The number of fused-ring (bicyclic) bond motifs is 2. The first-order valence-corrected chi connectivity index (χ1v) is 11.4. The van der Waals surface area contributed by atoms with Crippen LogP contribution in [0.5, 0.6) is 5.75 Å². The molecule has 13 heteroatoms. The Morgan fingerprint density at radius 2 is 1.76 bits per heavy atom. The minimum Gasteiger partial charge on any atom is -0.497 e. The van der Waals surface area contributed by atoms with Crippen LogP contribution < -0.4 is 4.74 Å². The standard InChI is InChI=1S/C22H25N5O3.C2HF3O2/c1-25-14-19-23-24-20(16-5-7-17(29-2)8-6-16)27(19)22(15-25)9-11-26(12-10-22)21(28)18-4-3-13-30-18;3-2(4,5)1(6)7/h3-8,13H,9-12,14-15H2,1-2H3;(H,6,7). The number of likely N-dealkylation sites (N-methyl/N-ethyl adjacent to an activating group) is 1. The second kappa shape index (κ2) is 10.2. The normalized spacial score (nSPS) is 17.1. The second-order valence-corrected chi connectivity index (χ2v) is 8.97. The van der Waals surface area contributed by atoms with Crippen LogP contribution in [0.25, 0.3) is 11.4 Å². The monoisotopic (exact) mass is 521 g/mol. The second-order valence-electron chi connectivity index (χ2n) is 8.97. The smallest absolute Gasteiger partial charge is 0.490 e. The predicted octanol–water partition coefficient (Wildman–Crippen LogP) is 3.26. The Hall–Kier alpha value is -3.87. The van der Waals surface area contributed by atoms with Crippen LogP contribution in [0.4, 0.5) is 13.2 Å². The molecule has 0 saturated carbocycles. The Morgan fingerprint density at radius 3 is 2.30 bits per heavy atom. The van der Waals surface area contributed by atoms with Gasteiger partial charge >= 0.3 is 12.1 Å².